The van der Waals surface area contributed by atoms with E-state index < -0.39 is 0 Å². The molecular formula is C13H11ClOZn. The fraction of sp³-hybridized carbons (Fsp3) is 0. The van der Waals surface area contributed by atoms with Gasteiger partial charge < -0.3 is 4.74 Å². The van der Waals surface area contributed by atoms with Crippen LogP contribution in [0, 0.1) is 6.92 Å². The molecule has 16 heavy (non-hydrogen) atoms. The Morgan fingerprint density at radius 3 is 2.12 bits per heavy atom. The van der Waals surface area contributed by atoms with E-state index in [4.69, 9.17) is 14.4 Å². The van der Waals surface area contributed by atoms with E-state index in [-0.39, 0.29) is 0 Å². The number of para-hydroxylation sites is 1. The topological polar surface area (TPSA) is 9.23 Å². The number of rotatable bonds is 2. The fourth-order valence-corrected chi connectivity index (χ4v) is 1.23. The van der Waals surface area contributed by atoms with Crippen LogP contribution in [0.25, 0.3) is 0 Å². The predicted molar refractivity (Wildman–Crippen MR) is 63.3 cm³/mol. The maximum absolute atomic E-state index is 5.62. The molecule has 0 atom stereocenters. The van der Waals surface area contributed by atoms with E-state index in [1.165, 1.54) is 0 Å². The van der Waals surface area contributed by atoms with E-state index in [2.05, 4.69) is 6.92 Å². The molecule has 78 valence electrons. The average molecular weight is 284 g/mol. The molecule has 0 saturated carbocycles. The SMILES string of the molecule is [CH2-]c1cccc(Oc2ccccc2)c1.[Cl][Zn+]. The summed E-state index contributed by atoms with van der Waals surface area (Å²) in [7, 11) is 4.76. The molecule has 0 aromatic heterocycles. The van der Waals surface area contributed by atoms with Crippen LogP contribution < -0.4 is 4.74 Å². The van der Waals surface area contributed by atoms with Crippen LogP contribution >= 0.6 is 9.69 Å². The normalized spacial score (nSPS) is 8.94. The number of benzene rings is 2. The quantitative estimate of drug-likeness (QED) is 0.588. The van der Waals surface area contributed by atoms with Crippen LogP contribution in [0.2, 0.25) is 0 Å². The summed E-state index contributed by atoms with van der Waals surface area (Å²) in [5.74, 6) is 1.67. The monoisotopic (exact) mass is 282 g/mol. The molecule has 0 aliphatic heterocycles. The zero-order valence-corrected chi connectivity index (χ0v) is 12.6. The van der Waals surface area contributed by atoms with Crippen LogP contribution in [0.4, 0.5) is 0 Å². The van der Waals surface area contributed by atoms with Gasteiger partial charge >= 0.3 is 27.0 Å². The van der Waals surface area contributed by atoms with Gasteiger partial charge in [-0.3, -0.25) is 0 Å². The van der Waals surface area contributed by atoms with Gasteiger partial charge in [0.15, 0.2) is 0 Å². The Labute approximate surface area is 110 Å². The third-order valence-corrected chi connectivity index (χ3v) is 1.88. The minimum absolute atomic E-state index is 0.823. The van der Waals surface area contributed by atoms with Crippen molar-refractivity contribution in [2.24, 2.45) is 0 Å². The van der Waals surface area contributed by atoms with Gasteiger partial charge in [0.25, 0.3) is 0 Å². The summed E-state index contributed by atoms with van der Waals surface area (Å²) in [5, 5.41) is 0. The zero-order chi connectivity index (χ0) is 11.8. The van der Waals surface area contributed by atoms with Crippen LogP contribution in [0.5, 0.6) is 11.5 Å². The summed E-state index contributed by atoms with van der Waals surface area (Å²) < 4.78 is 5.62. The third kappa shape index (κ3) is 4.26. The maximum atomic E-state index is 5.62. The van der Waals surface area contributed by atoms with Gasteiger partial charge in [0.05, 0.1) is 5.75 Å². The molecule has 3 heteroatoms. The molecule has 0 unspecified atom stereocenters. The van der Waals surface area contributed by atoms with Crippen molar-refractivity contribution in [3.8, 4) is 11.5 Å². The van der Waals surface area contributed by atoms with Crippen LogP contribution in [0.3, 0.4) is 0 Å². The fourth-order valence-electron chi connectivity index (χ4n) is 1.23. The van der Waals surface area contributed by atoms with Gasteiger partial charge in [-0.05, 0) is 18.2 Å². The molecule has 0 aliphatic carbocycles. The van der Waals surface area contributed by atoms with Crippen molar-refractivity contribution in [3.63, 3.8) is 0 Å². The van der Waals surface area contributed by atoms with E-state index in [1.807, 2.05) is 54.6 Å². The first-order chi connectivity index (χ1) is 7.84. The average Bonchev–Trinajstić information content (AvgIpc) is 2.33. The van der Waals surface area contributed by atoms with Gasteiger partial charge in [-0.2, -0.15) is 18.6 Å². The van der Waals surface area contributed by atoms with Gasteiger partial charge in [0.2, 0.25) is 0 Å². The van der Waals surface area contributed by atoms with E-state index in [9.17, 15) is 0 Å². The first kappa shape index (κ1) is 13.1. The summed E-state index contributed by atoms with van der Waals surface area (Å²) in [6.45, 7) is 3.84. The van der Waals surface area contributed by atoms with Crippen molar-refractivity contribution < 1.29 is 22.0 Å². The predicted octanol–water partition coefficient (Wildman–Crippen LogP) is 4.35. The Balaban J connectivity index is 0.000000606. The molecule has 0 fully saturated rings. The van der Waals surface area contributed by atoms with Crippen molar-refractivity contribution in [1.29, 1.82) is 0 Å². The van der Waals surface area contributed by atoms with Crippen LogP contribution in [-0.4, -0.2) is 0 Å². The Bertz CT molecular complexity index is 417. The van der Waals surface area contributed by atoms with E-state index in [0.717, 1.165) is 34.4 Å². The Morgan fingerprint density at radius 2 is 1.50 bits per heavy atom. The molecular weight excluding hydrogens is 273 g/mol. The second-order valence-electron chi connectivity index (χ2n) is 3.06. The van der Waals surface area contributed by atoms with Crippen LogP contribution in [0.1, 0.15) is 5.56 Å². The van der Waals surface area contributed by atoms with Gasteiger partial charge in [0, 0.05) is 0 Å². The second-order valence-corrected chi connectivity index (χ2v) is 3.06. The molecule has 0 aliphatic rings. The first-order valence-electron chi connectivity index (χ1n) is 4.76. The van der Waals surface area contributed by atoms with Crippen molar-refractivity contribution in [3.05, 3.63) is 67.1 Å². The summed E-state index contributed by atoms with van der Waals surface area (Å²) in [6.07, 6.45) is 0. The molecule has 0 spiro atoms. The van der Waals surface area contributed by atoms with E-state index in [1.54, 1.807) is 0 Å². The third-order valence-electron chi connectivity index (χ3n) is 1.88. The van der Waals surface area contributed by atoms with Crippen LogP contribution in [0.15, 0.2) is 54.6 Å². The molecule has 2 aromatic rings. The Morgan fingerprint density at radius 1 is 0.875 bits per heavy atom. The molecule has 0 bridgehead atoms. The number of ether oxygens (including phenoxy) is 1. The van der Waals surface area contributed by atoms with Crippen molar-refractivity contribution >= 4 is 9.69 Å². The first-order valence-corrected chi connectivity index (χ1v) is 8.66. The number of hydrogen-bond donors (Lipinski definition) is 0. The van der Waals surface area contributed by atoms with E-state index >= 15 is 0 Å². The molecule has 0 amide bonds. The van der Waals surface area contributed by atoms with Gasteiger partial charge in [0.1, 0.15) is 5.75 Å². The molecule has 2 rings (SSSR count). The minimum atomic E-state index is 0.823. The summed E-state index contributed by atoms with van der Waals surface area (Å²) in [6, 6.07) is 17.4. The molecule has 0 radical (unpaired) electrons. The summed E-state index contributed by atoms with van der Waals surface area (Å²) in [5.41, 5.74) is 0.957. The standard InChI is InChI=1S/C13H11O.ClH.Zn/c1-11-6-5-9-13(10-11)14-12-7-3-2-4-8-12;;/h2-10H,1H2;1H;/q-1;;+2/p-1. The van der Waals surface area contributed by atoms with Crippen molar-refractivity contribution in [1.82, 2.24) is 0 Å². The second kappa shape index (κ2) is 7.32. The van der Waals surface area contributed by atoms with Crippen LogP contribution in [-0.2, 0) is 17.3 Å². The zero-order valence-electron chi connectivity index (χ0n) is 8.90. The van der Waals surface area contributed by atoms with E-state index in [0.29, 0.717) is 0 Å². The van der Waals surface area contributed by atoms with Gasteiger partial charge in [-0.15, -0.1) is 12.1 Å². The molecule has 1 nitrogen and oxygen atoms in total. The summed E-state index contributed by atoms with van der Waals surface area (Å²) >= 11 is 0.847. The number of hydrogen-bond acceptors (Lipinski definition) is 1. The summed E-state index contributed by atoms with van der Waals surface area (Å²) in [4.78, 5) is 0. The van der Waals surface area contributed by atoms with Crippen molar-refractivity contribution in [2.75, 3.05) is 0 Å². The van der Waals surface area contributed by atoms with Gasteiger partial charge in [-0.25, -0.2) is 0 Å². The van der Waals surface area contributed by atoms with Gasteiger partial charge in [-0.1, -0.05) is 18.2 Å². The Kier molecular flexibility index (Phi) is 5.99. The molecule has 0 heterocycles. The van der Waals surface area contributed by atoms with Crippen molar-refractivity contribution in [2.45, 2.75) is 0 Å². The Hall–Kier alpha value is -0.977. The molecule has 0 N–H and O–H groups in total. The molecule has 2 aromatic carbocycles. The number of halogens is 1. The molecule has 0 saturated heterocycles.